The Labute approximate surface area is 112 Å². The molecule has 1 aromatic heterocycles. The van der Waals surface area contributed by atoms with Crippen molar-refractivity contribution in [2.24, 2.45) is 10.9 Å². The summed E-state index contributed by atoms with van der Waals surface area (Å²) >= 11 is 0. The fourth-order valence-corrected chi connectivity index (χ4v) is 2.30. The van der Waals surface area contributed by atoms with Gasteiger partial charge in [-0.2, -0.15) is 0 Å². The Morgan fingerprint density at radius 2 is 2.37 bits per heavy atom. The number of anilines is 1. The number of aromatic nitrogens is 2. The molecule has 0 saturated carbocycles. The van der Waals surface area contributed by atoms with Crippen molar-refractivity contribution in [1.29, 1.82) is 0 Å². The van der Waals surface area contributed by atoms with E-state index >= 15 is 0 Å². The number of amidine groups is 1. The molecule has 1 aliphatic heterocycles. The third-order valence-electron chi connectivity index (χ3n) is 2.87. The summed E-state index contributed by atoms with van der Waals surface area (Å²) in [6.45, 7) is 7.48. The number of oxime groups is 1. The van der Waals surface area contributed by atoms with Crippen molar-refractivity contribution < 1.29 is 9.94 Å². The van der Waals surface area contributed by atoms with Crippen LogP contribution in [0, 0.1) is 0 Å². The summed E-state index contributed by atoms with van der Waals surface area (Å²) in [5.74, 6) is 0.538. The van der Waals surface area contributed by atoms with E-state index in [9.17, 15) is 0 Å². The predicted molar refractivity (Wildman–Crippen MR) is 71.4 cm³/mol. The minimum absolute atomic E-state index is 0.0239. The molecule has 1 unspecified atom stereocenters. The summed E-state index contributed by atoms with van der Waals surface area (Å²) in [5, 5.41) is 11.6. The first-order chi connectivity index (χ1) is 8.91. The van der Waals surface area contributed by atoms with Gasteiger partial charge >= 0.3 is 0 Å². The molecule has 0 aliphatic carbocycles. The first-order valence-electron chi connectivity index (χ1n) is 6.15. The molecule has 7 nitrogen and oxygen atoms in total. The number of hydrogen-bond acceptors (Lipinski definition) is 6. The van der Waals surface area contributed by atoms with Gasteiger partial charge in [-0.1, -0.05) is 5.16 Å². The molecule has 1 fully saturated rings. The third-order valence-corrected chi connectivity index (χ3v) is 2.87. The van der Waals surface area contributed by atoms with Crippen molar-refractivity contribution in [1.82, 2.24) is 9.97 Å². The zero-order valence-electron chi connectivity index (χ0n) is 11.4. The lowest BCUT2D eigenvalue weighted by Gasteiger charge is -2.41. The summed E-state index contributed by atoms with van der Waals surface area (Å²) in [5.41, 5.74) is 5.69. The van der Waals surface area contributed by atoms with Gasteiger partial charge in [0.05, 0.1) is 11.7 Å². The lowest BCUT2D eigenvalue weighted by Crippen LogP contribution is -2.52. The molecule has 0 amide bonds. The summed E-state index contributed by atoms with van der Waals surface area (Å²) in [6.07, 6.45) is 1.70. The lowest BCUT2D eigenvalue weighted by atomic mass is 10.1. The largest absolute Gasteiger partial charge is 0.409 e. The van der Waals surface area contributed by atoms with E-state index in [4.69, 9.17) is 15.7 Å². The number of hydrogen-bond donors (Lipinski definition) is 2. The molecule has 0 spiro atoms. The molecule has 3 N–H and O–H groups in total. The highest BCUT2D eigenvalue weighted by atomic mass is 16.5. The van der Waals surface area contributed by atoms with Gasteiger partial charge < -0.3 is 20.6 Å². The van der Waals surface area contributed by atoms with Crippen LogP contribution in [0.25, 0.3) is 0 Å². The fraction of sp³-hybridized carbons (Fsp3) is 0.583. The number of nitrogens with two attached hydrogens (primary N) is 1. The number of morpholine rings is 1. The molecule has 1 aromatic rings. The smallest absolute Gasteiger partial charge is 0.226 e. The molecule has 104 valence electrons. The van der Waals surface area contributed by atoms with E-state index in [2.05, 4.69) is 15.1 Å². The van der Waals surface area contributed by atoms with Crippen molar-refractivity contribution in [2.75, 3.05) is 18.0 Å². The zero-order valence-corrected chi connectivity index (χ0v) is 11.4. The molecule has 0 radical (unpaired) electrons. The van der Waals surface area contributed by atoms with Crippen molar-refractivity contribution in [3.63, 3.8) is 0 Å². The molecule has 7 heteroatoms. The number of nitrogens with zero attached hydrogens (tertiary/aromatic N) is 4. The SMILES string of the molecule is CC1CN(c2nccc(/C(N)=N/O)n2)CC(C)(C)O1. The molecule has 1 aliphatic rings. The Morgan fingerprint density at radius 3 is 3.00 bits per heavy atom. The first-order valence-corrected chi connectivity index (χ1v) is 6.15. The molecule has 19 heavy (non-hydrogen) atoms. The van der Waals surface area contributed by atoms with Gasteiger partial charge in [0.25, 0.3) is 0 Å². The van der Waals surface area contributed by atoms with E-state index in [1.165, 1.54) is 0 Å². The Balaban J connectivity index is 2.26. The van der Waals surface area contributed by atoms with Gasteiger partial charge in [0, 0.05) is 19.3 Å². The maximum Gasteiger partial charge on any atom is 0.226 e. The molecule has 2 heterocycles. The van der Waals surface area contributed by atoms with Crippen LogP contribution in [0.5, 0.6) is 0 Å². The highest BCUT2D eigenvalue weighted by Crippen LogP contribution is 2.23. The molecule has 2 rings (SSSR count). The Bertz CT molecular complexity index is 489. The topological polar surface area (TPSA) is 96.9 Å². The average Bonchev–Trinajstić information content (AvgIpc) is 2.35. The molecular formula is C12H19N5O2. The zero-order chi connectivity index (χ0) is 14.0. The van der Waals surface area contributed by atoms with Crippen LogP contribution < -0.4 is 10.6 Å². The second kappa shape index (κ2) is 5.00. The van der Waals surface area contributed by atoms with Crippen LogP contribution >= 0.6 is 0 Å². The summed E-state index contributed by atoms with van der Waals surface area (Å²) in [4.78, 5) is 10.6. The van der Waals surface area contributed by atoms with E-state index in [1.807, 2.05) is 25.7 Å². The summed E-state index contributed by atoms with van der Waals surface area (Å²) < 4.78 is 5.84. The van der Waals surface area contributed by atoms with Gasteiger partial charge in [0.15, 0.2) is 5.84 Å². The normalized spacial score (nSPS) is 23.4. The van der Waals surface area contributed by atoms with Crippen molar-refractivity contribution in [2.45, 2.75) is 32.5 Å². The van der Waals surface area contributed by atoms with Crippen LogP contribution in [0.2, 0.25) is 0 Å². The van der Waals surface area contributed by atoms with Gasteiger partial charge in [-0.3, -0.25) is 0 Å². The van der Waals surface area contributed by atoms with Crippen LogP contribution in [0.3, 0.4) is 0 Å². The van der Waals surface area contributed by atoms with Crippen LogP contribution in [0.4, 0.5) is 5.95 Å². The van der Waals surface area contributed by atoms with Gasteiger partial charge in [-0.05, 0) is 26.8 Å². The molecule has 1 atom stereocenters. The minimum atomic E-state index is -0.256. The van der Waals surface area contributed by atoms with E-state index in [0.717, 1.165) is 0 Å². The average molecular weight is 265 g/mol. The number of rotatable bonds is 2. The van der Waals surface area contributed by atoms with Crippen LogP contribution in [0.15, 0.2) is 17.4 Å². The Morgan fingerprint density at radius 1 is 1.63 bits per heavy atom. The van der Waals surface area contributed by atoms with Gasteiger partial charge in [0.1, 0.15) is 5.69 Å². The van der Waals surface area contributed by atoms with E-state index < -0.39 is 0 Å². The molecule has 0 aromatic carbocycles. The Kier molecular flexibility index (Phi) is 3.57. The minimum Gasteiger partial charge on any atom is -0.409 e. The van der Waals surface area contributed by atoms with Crippen molar-refractivity contribution >= 4 is 11.8 Å². The van der Waals surface area contributed by atoms with Crippen LogP contribution in [-0.4, -0.2) is 45.8 Å². The standard InChI is InChI=1S/C12H19N5O2/c1-8-6-17(7-12(2,3)19-8)11-14-5-4-9(15-11)10(13)16-18/h4-5,8,18H,6-7H2,1-3H3,(H2,13,16). The van der Waals surface area contributed by atoms with Crippen molar-refractivity contribution in [3.8, 4) is 0 Å². The van der Waals surface area contributed by atoms with E-state index in [1.54, 1.807) is 12.3 Å². The highest BCUT2D eigenvalue weighted by Gasteiger charge is 2.32. The monoisotopic (exact) mass is 265 g/mol. The molecule has 0 bridgehead atoms. The molecule has 1 saturated heterocycles. The van der Waals surface area contributed by atoms with E-state index in [-0.39, 0.29) is 17.5 Å². The van der Waals surface area contributed by atoms with Gasteiger partial charge in [-0.25, -0.2) is 9.97 Å². The third kappa shape index (κ3) is 3.11. The number of ether oxygens (including phenoxy) is 1. The maximum atomic E-state index is 8.68. The van der Waals surface area contributed by atoms with Crippen LogP contribution in [-0.2, 0) is 4.74 Å². The maximum absolute atomic E-state index is 8.68. The summed E-state index contributed by atoms with van der Waals surface area (Å²) in [6, 6.07) is 1.60. The quantitative estimate of drug-likeness (QED) is 0.351. The first kappa shape index (κ1) is 13.5. The second-order valence-corrected chi connectivity index (χ2v) is 5.30. The van der Waals surface area contributed by atoms with Gasteiger partial charge in [-0.15, -0.1) is 0 Å². The fourth-order valence-electron chi connectivity index (χ4n) is 2.30. The van der Waals surface area contributed by atoms with Crippen LogP contribution in [0.1, 0.15) is 26.5 Å². The second-order valence-electron chi connectivity index (χ2n) is 5.30. The highest BCUT2D eigenvalue weighted by molar-refractivity contribution is 5.95. The Hall–Kier alpha value is -1.89. The van der Waals surface area contributed by atoms with Gasteiger partial charge in [0.2, 0.25) is 5.95 Å². The van der Waals surface area contributed by atoms with E-state index in [0.29, 0.717) is 24.7 Å². The van der Waals surface area contributed by atoms with Crippen molar-refractivity contribution in [3.05, 3.63) is 18.0 Å². The summed E-state index contributed by atoms with van der Waals surface area (Å²) in [7, 11) is 0. The lowest BCUT2D eigenvalue weighted by molar-refractivity contribution is -0.0753. The molecular weight excluding hydrogens is 246 g/mol. The predicted octanol–water partition coefficient (Wildman–Crippen LogP) is 0.575.